The molecule has 0 unspecified atom stereocenters. The molecule has 0 aliphatic carbocycles. The summed E-state index contributed by atoms with van der Waals surface area (Å²) in [5.41, 5.74) is 0. The van der Waals surface area contributed by atoms with E-state index in [1.807, 2.05) is 13.8 Å². The van der Waals surface area contributed by atoms with Crippen LogP contribution >= 0.6 is 0 Å². The van der Waals surface area contributed by atoms with Crippen molar-refractivity contribution in [3.8, 4) is 0 Å². The van der Waals surface area contributed by atoms with Gasteiger partial charge in [-0.3, -0.25) is 4.79 Å². The van der Waals surface area contributed by atoms with Crippen molar-refractivity contribution in [2.75, 3.05) is 0 Å². The van der Waals surface area contributed by atoms with E-state index in [-0.39, 0.29) is 5.91 Å². The molecule has 4 nitrogen and oxygen atoms in total. The van der Waals surface area contributed by atoms with Crippen LogP contribution in [0.2, 0.25) is 0 Å². The second kappa shape index (κ2) is 4.64. The Morgan fingerprint density at radius 1 is 1.69 bits per heavy atom. The van der Waals surface area contributed by atoms with Crippen molar-refractivity contribution < 1.29 is 9.21 Å². The molecule has 1 aromatic heterocycles. The molecule has 1 rings (SSSR count). The maximum atomic E-state index is 11.0. The minimum atomic E-state index is 0.0401. The Balaban J connectivity index is 2.30. The van der Waals surface area contributed by atoms with Gasteiger partial charge in [-0.05, 0) is 13.3 Å². The van der Waals surface area contributed by atoms with Crippen LogP contribution in [0.25, 0.3) is 0 Å². The molecule has 0 spiro atoms. The minimum Gasteiger partial charge on any atom is -0.444 e. The number of carbonyl (C=O) groups is 1. The van der Waals surface area contributed by atoms with E-state index in [4.69, 9.17) is 4.42 Å². The van der Waals surface area contributed by atoms with Gasteiger partial charge in [0.05, 0.1) is 12.7 Å². The second-order valence-electron chi connectivity index (χ2n) is 2.89. The molecule has 1 N–H and O–H groups in total. The predicted octanol–water partition coefficient (Wildman–Crippen LogP) is 1.40. The van der Waals surface area contributed by atoms with E-state index in [1.54, 1.807) is 6.20 Å². The van der Waals surface area contributed by atoms with Crippen LogP contribution in [0.15, 0.2) is 10.6 Å². The van der Waals surface area contributed by atoms with Gasteiger partial charge in [-0.1, -0.05) is 6.92 Å². The highest BCUT2D eigenvalue weighted by molar-refractivity contribution is 5.75. The number of aryl methyl sites for hydroxylation is 1. The number of hydrogen-bond donors (Lipinski definition) is 1. The highest BCUT2D eigenvalue weighted by atomic mass is 16.4. The highest BCUT2D eigenvalue weighted by Crippen LogP contribution is 2.00. The maximum absolute atomic E-state index is 11.0. The molecule has 0 atom stereocenters. The van der Waals surface area contributed by atoms with Gasteiger partial charge in [0.1, 0.15) is 5.76 Å². The molecular formula is C9H14N2O2. The summed E-state index contributed by atoms with van der Waals surface area (Å²) in [5, 5.41) is 2.72. The fourth-order valence-corrected chi connectivity index (χ4v) is 0.973. The van der Waals surface area contributed by atoms with Gasteiger partial charge < -0.3 is 9.73 Å². The third-order valence-electron chi connectivity index (χ3n) is 1.58. The summed E-state index contributed by atoms with van der Waals surface area (Å²) in [7, 11) is 0. The van der Waals surface area contributed by atoms with E-state index >= 15 is 0 Å². The molecule has 0 aliphatic heterocycles. The maximum Gasteiger partial charge on any atom is 0.220 e. The Hall–Kier alpha value is -1.32. The fraction of sp³-hybridized carbons (Fsp3) is 0.556. The van der Waals surface area contributed by atoms with E-state index in [1.165, 1.54) is 0 Å². The minimum absolute atomic E-state index is 0.0401. The van der Waals surface area contributed by atoms with Crippen molar-refractivity contribution >= 4 is 5.91 Å². The van der Waals surface area contributed by atoms with Crippen LogP contribution in [0.4, 0.5) is 0 Å². The number of rotatable bonds is 4. The monoisotopic (exact) mass is 182 g/mol. The average Bonchev–Trinajstić information content (AvgIpc) is 2.49. The fourth-order valence-electron chi connectivity index (χ4n) is 0.973. The molecule has 0 saturated heterocycles. The zero-order valence-corrected chi connectivity index (χ0v) is 7.96. The number of carbonyl (C=O) groups excluding carboxylic acids is 1. The van der Waals surface area contributed by atoms with E-state index in [0.29, 0.717) is 18.9 Å². The van der Waals surface area contributed by atoms with Crippen LogP contribution in [-0.2, 0) is 11.3 Å². The van der Waals surface area contributed by atoms with Gasteiger partial charge in [-0.2, -0.15) is 0 Å². The lowest BCUT2D eigenvalue weighted by atomic mass is 10.3. The first kappa shape index (κ1) is 9.77. The summed E-state index contributed by atoms with van der Waals surface area (Å²) in [6.07, 6.45) is 3.05. The smallest absolute Gasteiger partial charge is 0.220 e. The standard InChI is InChI=1S/C9H14N2O2/c1-3-4-8(12)10-6-9-11-5-7(2)13-9/h5H,3-4,6H2,1-2H3,(H,10,12). The Labute approximate surface area is 77.3 Å². The van der Waals surface area contributed by atoms with Crippen LogP contribution in [0.1, 0.15) is 31.4 Å². The van der Waals surface area contributed by atoms with Gasteiger partial charge >= 0.3 is 0 Å². The van der Waals surface area contributed by atoms with E-state index in [2.05, 4.69) is 10.3 Å². The van der Waals surface area contributed by atoms with Gasteiger partial charge in [0.2, 0.25) is 11.8 Å². The second-order valence-corrected chi connectivity index (χ2v) is 2.89. The largest absolute Gasteiger partial charge is 0.444 e. The van der Waals surface area contributed by atoms with E-state index in [0.717, 1.165) is 12.2 Å². The number of oxazole rings is 1. The van der Waals surface area contributed by atoms with Crippen LogP contribution in [-0.4, -0.2) is 10.9 Å². The molecule has 1 heterocycles. The first-order valence-corrected chi connectivity index (χ1v) is 4.40. The van der Waals surface area contributed by atoms with Gasteiger partial charge in [0, 0.05) is 6.42 Å². The zero-order chi connectivity index (χ0) is 9.68. The molecule has 0 fully saturated rings. The first-order chi connectivity index (χ1) is 6.22. The molecule has 0 aromatic carbocycles. The van der Waals surface area contributed by atoms with Gasteiger partial charge in [0.25, 0.3) is 0 Å². The topological polar surface area (TPSA) is 55.1 Å². The molecule has 0 radical (unpaired) electrons. The average molecular weight is 182 g/mol. The van der Waals surface area contributed by atoms with Crippen LogP contribution in [0.5, 0.6) is 0 Å². The van der Waals surface area contributed by atoms with Crippen LogP contribution < -0.4 is 5.32 Å². The lowest BCUT2D eigenvalue weighted by Crippen LogP contribution is -2.22. The number of hydrogen-bond acceptors (Lipinski definition) is 3. The van der Waals surface area contributed by atoms with Crippen LogP contribution in [0, 0.1) is 6.92 Å². The summed E-state index contributed by atoms with van der Waals surface area (Å²) < 4.78 is 5.19. The van der Waals surface area contributed by atoms with Crippen molar-refractivity contribution in [3.63, 3.8) is 0 Å². The van der Waals surface area contributed by atoms with Crippen molar-refractivity contribution in [2.45, 2.75) is 33.2 Å². The first-order valence-electron chi connectivity index (χ1n) is 4.40. The summed E-state index contributed by atoms with van der Waals surface area (Å²) >= 11 is 0. The van der Waals surface area contributed by atoms with Crippen molar-refractivity contribution in [1.29, 1.82) is 0 Å². The Morgan fingerprint density at radius 3 is 3.00 bits per heavy atom. The summed E-state index contributed by atoms with van der Waals surface area (Å²) in [4.78, 5) is 15.0. The van der Waals surface area contributed by atoms with Gasteiger partial charge in [0.15, 0.2) is 0 Å². The molecule has 0 bridgehead atoms. The summed E-state index contributed by atoms with van der Waals surface area (Å²) in [6.45, 7) is 4.17. The molecule has 4 heteroatoms. The molecule has 13 heavy (non-hydrogen) atoms. The molecule has 1 aromatic rings. The molecule has 0 aliphatic rings. The van der Waals surface area contributed by atoms with Crippen molar-refractivity contribution in [2.24, 2.45) is 0 Å². The lowest BCUT2D eigenvalue weighted by molar-refractivity contribution is -0.121. The van der Waals surface area contributed by atoms with E-state index in [9.17, 15) is 4.79 Å². The Bertz CT molecular complexity index is 281. The SMILES string of the molecule is CCCC(=O)NCc1ncc(C)o1. The number of aromatic nitrogens is 1. The summed E-state index contributed by atoms with van der Waals surface area (Å²) in [5.74, 6) is 1.36. The summed E-state index contributed by atoms with van der Waals surface area (Å²) in [6, 6.07) is 0. The van der Waals surface area contributed by atoms with Crippen molar-refractivity contribution in [3.05, 3.63) is 17.8 Å². The normalized spacial score (nSPS) is 10.0. The number of nitrogens with one attached hydrogen (secondary N) is 1. The number of nitrogens with zero attached hydrogens (tertiary/aromatic N) is 1. The quantitative estimate of drug-likeness (QED) is 0.765. The van der Waals surface area contributed by atoms with Gasteiger partial charge in [-0.25, -0.2) is 4.98 Å². The van der Waals surface area contributed by atoms with Crippen LogP contribution in [0.3, 0.4) is 0 Å². The lowest BCUT2D eigenvalue weighted by Gasteiger charge is -1.99. The van der Waals surface area contributed by atoms with Gasteiger partial charge in [-0.15, -0.1) is 0 Å². The molecule has 0 saturated carbocycles. The molecule has 72 valence electrons. The predicted molar refractivity (Wildman–Crippen MR) is 48.0 cm³/mol. The molecule has 1 amide bonds. The number of amides is 1. The Kier molecular flexibility index (Phi) is 3.49. The third kappa shape index (κ3) is 3.27. The third-order valence-corrected chi connectivity index (χ3v) is 1.58. The zero-order valence-electron chi connectivity index (χ0n) is 7.96. The highest BCUT2D eigenvalue weighted by Gasteiger charge is 2.02. The van der Waals surface area contributed by atoms with E-state index < -0.39 is 0 Å². The Morgan fingerprint density at radius 2 is 2.46 bits per heavy atom. The molecular weight excluding hydrogens is 168 g/mol. The van der Waals surface area contributed by atoms with Crippen molar-refractivity contribution in [1.82, 2.24) is 10.3 Å².